The SMILES string of the molecule is O=C1OI(c2cccc([N+](=O)[O-])c2)c2cc([N+](=O)[O-])ccc21. The summed E-state index contributed by atoms with van der Waals surface area (Å²) in [6.45, 7) is 0. The number of hydrogen-bond donors (Lipinski definition) is 0. The maximum absolute atomic E-state index is 11.9. The zero-order chi connectivity index (χ0) is 15.9. The van der Waals surface area contributed by atoms with Crippen LogP contribution in [0.1, 0.15) is 10.4 Å². The average molecular weight is 414 g/mol. The molecule has 0 radical (unpaired) electrons. The van der Waals surface area contributed by atoms with Crippen LogP contribution in [-0.4, -0.2) is 15.8 Å². The number of nitro benzene ring substituents is 2. The molecule has 1 aliphatic heterocycles. The van der Waals surface area contributed by atoms with Crippen LogP contribution in [0, 0.1) is 27.4 Å². The molecular weight excluding hydrogens is 407 g/mol. The monoisotopic (exact) mass is 414 g/mol. The molecule has 9 heteroatoms. The van der Waals surface area contributed by atoms with Crippen molar-refractivity contribution in [1.29, 1.82) is 0 Å². The zero-order valence-electron chi connectivity index (χ0n) is 10.8. The van der Waals surface area contributed by atoms with E-state index < -0.39 is 36.1 Å². The van der Waals surface area contributed by atoms with Gasteiger partial charge in [-0.15, -0.1) is 0 Å². The summed E-state index contributed by atoms with van der Waals surface area (Å²) in [4.78, 5) is 32.5. The van der Waals surface area contributed by atoms with Crippen LogP contribution in [0.3, 0.4) is 0 Å². The molecule has 0 aromatic heterocycles. The minimum atomic E-state index is -2.70. The maximum atomic E-state index is 11.9. The number of nitrogens with zero attached hydrogens (tertiary/aromatic N) is 2. The van der Waals surface area contributed by atoms with Crippen molar-refractivity contribution in [3.05, 3.63) is 75.4 Å². The molecule has 2 aromatic rings. The third-order valence-electron chi connectivity index (χ3n) is 2.93. The first kappa shape index (κ1) is 14.4. The first-order valence-corrected chi connectivity index (χ1v) is 8.97. The van der Waals surface area contributed by atoms with E-state index in [1.807, 2.05) is 0 Å². The van der Waals surface area contributed by atoms with E-state index in [1.165, 1.54) is 36.4 Å². The first-order chi connectivity index (χ1) is 10.5. The zero-order valence-corrected chi connectivity index (χ0v) is 12.9. The van der Waals surface area contributed by atoms with Crippen LogP contribution >= 0.6 is 20.2 Å². The van der Waals surface area contributed by atoms with Crippen LogP contribution in [0.5, 0.6) is 0 Å². The molecule has 0 amide bonds. The van der Waals surface area contributed by atoms with Gasteiger partial charge in [-0.3, -0.25) is 0 Å². The van der Waals surface area contributed by atoms with E-state index in [2.05, 4.69) is 0 Å². The van der Waals surface area contributed by atoms with Crippen molar-refractivity contribution in [2.24, 2.45) is 0 Å². The molecular formula is C13H7IN2O6. The van der Waals surface area contributed by atoms with Gasteiger partial charge in [-0.25, -0.2) is 0 Å². The van der Waals surface area contributed by atoms with Crippen molar-refractivity contribution in [2.45, 2.75) is 0 Å². The summed E-state index contributed by atoms with van der Waals surface area (Å²) < 4.78 is 6.40. The Morgan fingerprint density at radius 1 is 0.955 bits per heavy atom. The van der Waals surface area contributed by atoms with E-state index in [4.69, 9.17) is 3.07 Å². The Morgan fingerprint density at radius 2 is 1.64 bits per heavy atom. The van der Waals surface area contributed by atoms with Gasteiger partial charge in [-0.1, -0.05) is 0 Å². The molecule has 1 aliphatic rings. The Morgan fingerprint density at radius 3 is 2.32 bits per heavy atom. The van der Waals surface area contributed by atoms with Gasteiger partial charge in [-0.2, -0.15) is 0 Å². The van der Waals surface area contributed by atoms with Crippen LogP contribution in [0.4, 0.5) is 11.4 Å². The molecule has 8 nitrogen and oxygen atoms in total. The van der Waals surface area contributed by atoms with Crippen LogP contribution < -0.4 is 0 Å². The number of nitro groups is 2. The molecule has 0 bridgehead atoms. The van der Waals surface area contributed by atoms with Gasteiger partial charge in [0.05, 0.1) is 0 Å². The van der Waals surface area contributed by atoms with E-state index in [1.54, 1.807) is 6.07 Å². The van der Waals surface area contributed by atoms with Gasteiger partial charge < -0.3 is 0 Å². The second kappa shape index (κ2) is 5.33. The van der Waals surface area contributed by atoms with Crippen LogP contribution in [0.2, 0.25) is 0 Å². The fourth-order valence-electron chi connectivity index (χ4n) is 1.94. The number of halogens is 1. The van der Waals surface area contributed by atoms with E-state index in [9.17, 15) is 25.0 Å². The molecule has 112 valence electrons. The second-order valence-corrected chi connectivity index (χ2v) is 8.54. The Kier molecular flexibility index (Phi) is 3.48. The predicted molar refractivity (Wildman–Crippen MR) is 83.0 cm³/mol. The standard InChI is InChI=1S/C13H7IN2O6/c17-13-11-5-4-10(16(20)21)7-12(11)14(22-13)8-2-1-3-9(6-8)15(18)19/h1-7H. The Labute approximate surface area is 130 Å². The van der Waals surface area contributed by atoms with Crippen molar-refractivity contribution in [1.82, 2.24) is 0 Å². The third-order valence-corrected chi connectivity index (χ3v) is 7.52. The van der Waals surface area contributed by atoms with Gasteiger partial charge in [0.1, 0.15) is 0 Å². The Hall–Kier alpha value is -2.56. The number of fused-ring (bicyclic) bond motifs is 1. The van der Waals surface area contributed by atoms with Crippen molar-refractivity contribution in [3.8, 4) is 0 Å². The number of carbonyl (C=O) groups is 1. The Bertz CT molecular complexity index is 822. The molecule has 1 heterocycles. The van der Waals surface area contributed by atoms with Crippen molar-refractivity contribution < 1.29 is 17.7 Å². The summed E-state index contributed by atoms with van der Waals surface area (Å²) in [5, 5.41) is 21.7. The van der Waals surface area contributed by atoms with Crippen molar-refractivity contribution >= 4 is 37.6 Å². The van der Waals surface area contributed by atoms with Crippen molar-refractivity contribution in [2.75, 3.05) is 0 Å². The topological polar surface area (TPSA) is 113 Å². The number of rotatable bonds is 3. The summed E-state index contributed by atoms with van der Waals surface area (Å²) in [5.74, 6) is -0.540. The number of carbonyl (C=O) groups excluding carboxylic acids is 1. The normalized spacial score (nSPS) is 14.4. The second-order valence-electron chi connectivity index (χ2n) is 4.27. The number of non-ortho nitro benzene ring substituents is 2. The van der Waals surface area contributed by atoms with E-state index in [0.29, 0.717) is 12.7 Å². The quantitative estimate of drug-likeness (QED) is 0.433. The molecule has 22 heavy (non-hydrogen) atoms. The molecule has 0 N–H and O–H groups in total. The number of hydrogen-bond acceptors (Lipinski definition) is 6. The number of benzene rings is 2. The predicted octanol–water partition coefficient (Wildman–Crippen LogP) is 3.13. The molecule has 3 rings (SSSR count). The van der Waals surface area contributed by atoms with E-state index in [0.717, 1.165) is 0 Å². The van der Waals surface area contributed by atoms with Gasteiger partial charge in [0, 0.05) is 0 Å². The van der Waals surface area contributed by atoms with Gasteiger partial charge in [0.2, 0.25) is 0 Å². The fraction of sp³-hybridized carbons (Fsp3) is 0. The molecule has 0 fully saturated rings. The molecule has 0 aliphatic carbocycles. The van der Waals surface area contributed by atoms with Crippen LogP contribution in [0.25, 0.3) is 0 Å². The molecule has 2 aromatic carbocycles. The summed E-state index contributed by atoms with van der Waals surface area (Å²) in [6, 6.07) is 9.77. The molecule has 0 saturated carbocycles. The molecule has 0 atom stereocenters. The Balaban J connectivity index is 2.10. The van der Waals surface area contributed by atoms with Gasteiger partial charge in [0.25, 0.3) is 0 Å². The van der Waals surface area contributed by atoms with Crippen molar-refractivity contribution in [3.63, 3.8) is 0 Å². The van der Waals surface area contributed by atoms with Crippen LogP contribution in [-0.2, 0) is 3.07 Å². The van der Waals surface area contributed by atoms with Crippen LogP contribution in [0.15, 0.2) is 42.5 Å². The molecule has 0 saturated heterocycles. The minimum absolute atomic E-state index is 0.107. The summed E-state index contributed by atoms with van der Waals surface area (Å²) in [6.07, 6.45) is 0. The third kappa shape index (κ3) is 2.39. The summed E-state index contributed by atoms with van der Waals surface area (Å²) >= 11 is -2.70. The van der Waals surface area contributed by atoms with Gasteiger partial charge in [-0.05, 0) is 0 Å². The van der Waals surface area contributed by atoms with E-state index in [-0.39, 0.29) is 11.4 Å². The first-order valence-electron chi connectivity index (χ1n) is 5.93. The molecule has 0 spiro atoms. The van der Waals surface area contributed by atoms with E-state index >= 15 is 0 Å². The fourth-order valence-corrected chi connectivity index (χ4v) is 6.40. The van der Waals surface area contributed by atoms with Gasteiger partial charge >= 0.3 is 131 Å². The average Bonchev–Trinajstić information content (AvgIpc) is 2.84. The molecule has 0 unspecified atom stereocenters. The van der Waals surface area contributed by atoms with Gasteiger partial charge in [0.15, 0.2) is 0 Å². The summed E-state index contributed by atoms with van der Waals surface area (Å²) in [5.41, 5.74) is 0.0526. The summed E-state index contributed by atoms with van der Waals surface area (Å²) in [7, 11) is 0.